The van der Waals surface area contributed by atoms with Gasteiger partial charge in [0.05, 0.1) is 14.0 Å². The Kier molecular flexibility index (Phi) is 8.20. The molecule has 0 spiro atoms. The number of hydrogen-bond donors (Lipinski definition) is 10. The Balaban J connectivity index is 1.75. The Morgan fingerprint density at radius 3 is 2.12 bits per heavy atom. The Morgan fingerprint density at radius 2 is 1.58 bits per heavy atom. The molecule has 1 aliphatic carbocycles. The summed E-state index contributed by atoms with van der Waals surface area (Å²) in [6.07, 6.45) is -15.8. The van der Waals surface area contributed by atoms with E-state index in [-0.39, 0.29) is 19.6 Å². The van der Waals surface area contributed by atoms with Gasteiger partial charge in [-0.15, -0.1) is 0 Å². The number of rotatable bonds is 6. The summed E-state index contributed by atoms with van der Waals surface area (Å²) in [5.41, 5.74) is 16.4. The molecular formula is C19H38N4O10. The van der Waals surface area contributed by atoms with Crippen molar-refractivity contribution in [1.82, 2.24) is 5.32 Å². The number of hydrogen-bond acceptors (Lipinski definition) is 14. The normalized spacial score (nSPS) is 56.4. The molecule has 2 heterocycles. The third-order valence-electron chi connectivity index (χ3n) is 6.55. The molecule has 0 aromatic rings. The summed E-state index contributed by atoms with van der Waals surface area (Å²) < 4.78 is 30.3. The van der Waals surface area contributed by atoms with Crippen LogP contribution in [0.5, 0.6) is 0 Å². The summed E-state index contributed by atoms with van der Waals surface area (Å²) in [6.45, 7) is 1.08. The highest BCUT2D eigenvalue weighted by atomic mass is 16.7. The van der Waals surface area contributed by atoms with Gasteiger partial charge < -0.3 is 72.1 Å². The Labute approximate surface area is 192 Å². The van der Waals surface area contributed by atoms with E-state index in [1.165, 1.54) is 6.92 Å². The van der Waals surface area contributed by atoms with Gasteiger partial charge in [0.2, 0.25) is 0 Å². The Bertz CT molecular complexity index is 693. The molecule has 3 rings (SSSR count). The van der Waals surface area contributed by atoms with Crippen LogP contribution in [0.4, 0.5) is 0 Å². The van der Waals surface area contributed by atoms with E-state index in [2.05, 4.69) is 5.32 Å². The van der Waals surface area contributed by atoms with Gasteiger partial charge in [0, 0.05) is 18.6 Å². The van der Waals surface area contributed by atoms with Crippen molar-refractivity contribution in [2.75, 3.05) is 20.2 Å². The summed E-state index contributed by atoms with van der Waals surface area (Å²) in [5, 5.41) is 65.4. The SMILES string of the molecule is [2H][C@]1(O)[C@@H](O[C@H]2[C@H](O)[C@@H](O[C@H]3OC[C@](C)(O)[C@H](NC)[C@H]3O)[C@H](N)C[C@@H]2N)O[C@H](CN)[C@@H](O)[C@@H]1O. The number of nitrogens with two attached hydrogens (primary N) is 3. The average Bonchev–Trinajstić information content (AvgIpc) is 2.75. The highest BCUT2D eigenvalue weighted by molar-refractivity contribution is 5.02. The summed E-state index contributed by atoms with van der Waals surface area (Å²) in [5.74, 6) is 0. The van der Waals surface area contributed by atoms with Crippen LogP contribution in [-0.2, 0) is 18.9 Å². The van der Waals surface area contributed by atoms with Gasteiger partial charge in [0.1, 0.15) is 54.4 Å². The van der Waals surface area contributed by atoms with Crippen molar-refractivity contribution in [2.24, 2.45) is 17.2 Å². The first-order valence-corrected chi connectivity index (χ1v) is 10.9. The maximum atomic E-state index is 11.0. The van der Waals surface area contributed by atoms with Gasteiger partial charge >= 0.3 is 0 Å². The highest BCUT2D eigenvalue weighted by Gasteiger charge is 2.52. The van der Waals surface area contributed by atoms with Crippen molar-refractivity contribution in [3.8, 4) is 0 Å². The fourth-order valence-corrected chi connectivity index (χ4v) is 4.63. The molecule has 0 amide bonds. The lowest BCUT2D eigenvalue weighted by atomic mass is 9.84. The minimum Gasteiger partial charge on any atom is -0.388 e. The van der Waals surface area contributed by atoms with Crippen molar-refractivity contribution in [2.45, 2.75) is 98.5 Å². The molecule has 2 saturated heterocycles. The zero-order valence-electron chi connectivity index (χ0n) is 19.6. The van der Waals surface area contributed by atoms with Crippen LogP contribution in [0.3, 0.4) is 0 Å². The van der Waals surface area contributed by atoms with Crippen LogP contribution in [0.15, 0.2) is 0 Å². The van der Waals surface area contributed by atoms with Crippen molar-refractivity contribution in [3.63, 3.8) is 0 Å². The molecule has 3 aliphatic rings. The molecule has 13 N–H and O–H groups in total. The molecule has 0 bridgehead atoms. The average molecular weight is 484 g/mol. The van der Waals surface area contributed by atoms with Gasteiger partial charge in [-0.1, -0.05) is 0 Å². The first-order chi connectivity index (χ1) is 15.8. The maximum absolute atomic E-state index is 11.0. The molecule has 0 aromatic carbocycles. The Hall–Kier alpha value is -0.560. The third-order valence-corrected chi connectivity index (χ3v) is 6.55. The van der Waals surface area contributed by atoms with E-state index in [4.69, 9.17) is 37.5 Å². The minimum absolute atomic E-state index is 0.0804. The van der Waals surface area contributed by atoms with Crippen LogP contribution < -0.4 is 22.5 Å². The van der Waals surface area contributed by atoms with Gasteiger partial charge in [0.15, 0.2) is 12.6 Å². The predicted molar refractivity (Wildman–Crippen MR) is 111 cm³/mol. The van der Waals surface area contributed by atoms with Crippen molar-refractivity contribution in [1.29, 1.82) is 0 Å². The lowest BCUT2D eigenvalue weighted by Gasteiger charge is -2.48. The van der Waals surface area contributed by atoms with Gasteiger partial charge in [-0.3, -0.25) is 0 Å². The predicted octanol–water partition coefficient (Wildman–Crippen LogP) is -6.00. The second kappa shape index (κ2) is 10.6. The summed E-state index contributed by atoms with van der Waals surface area (Å²) in [4.78, 5) is 0. The number of nitrogens with one attached hydrogen (secondary N) is 1. The standard InChI is InChI=1S/C19H38N4O10/c1-19(29)5-30-17(13(28)16(19)23-2)32-14-6(21)3-7(22)15(12(14)27)33-18-11(26)10(25)9(24)8(4-20)31-18/h6-18,23-29H,3-5,20-22H2,1-2H3/t6-,7+,8-,9-,10+,11-,12-,13-,14+,15-,16-,17-,18-,19+/m1/s1/i11D. The van der Waals surface area contributed by atoms with Crippen LogP contribution in [0.25, 0.3) is 0 Å². The quantitative estimate of drug-likeness (QED) is 0.169. The van der Waals surface area contributed by atoms with E-state index in [0.29, 0.717) is 0 Å². The van der Waals surface area contributed by atoms with Gasteiger partial charge in [0.25, 0.3) is 0 Å². The molecule has 14 heteroatoms. The lowest BCUT2D eigenvalue weighted by molar-refractivity contribution is -0.329. The molecule has 0 aromatic heterocycles. The van der Waals surface area contributed by atoms with Crippen LogP contribution in [0.1, 0.15) is 14.7 Å². The number of aliphatic hydroxyl groups excluding tert-OH is 4. The maximum Gasteiger partial charge on any atom is 0.187 e. The molecule has 0 unspecified atom stereocenters. The smallest absolute Gasteiger partial charge is 0.187 e. The zero-order valence-corrected chi connectivity index (χ0v) is 18.6. The fraction of sp³-hybridized carbons (Fsp3) is 1.00. The molecule has 14 atom stereocenters. The molecule has 194 valence electrons. The summed E-state index contributed by atoms with van der Waals surface area (Å²) in [7, 11) is 1.56. The first-order valence-electron chi connectivity index (χ1n) is 11.4. The van der Waals surface area contributed by atoms with Crippen LogP contribution in [0.2, 0.25) is 0 Å². The van der Waals surface area contributed by atoms with E-state index < -0.39 is 85.1 Å². The van der Waals surface area contributed by atoms with Gasteiger partial charge in [-0.2, -0.15) is 0 Å². The number of aliphatic hydroxyl groups is 6. The van der Waals surface area contributed by atoms with E-state index in [0.717, 1.165) is 0 Å². The molecule has 33 heavy (non-hydrogen) atoms. The second-order valence-corrected chi connectivity index (χ2v) is 9.15. The molecule has 2 aliphatic heterocycles. The van der Waals surface area contributed by atoms with Crippen LogP contribution in [0, 0.1) is 0 Å². The second-order valence-electron chi connectivity index (χ2n) is 9.15. The van der Waals surface area contributed by atoms with Gasteiger partial charge in [-0.25, -0.2) is 0 Å². The number of likely N-dealkylation sites (N-methyl/N-ethyl adjacent to an activating group) is 1. The monoisotopic (exact) mass is 483 g/mol. The minimum atomic E-state index is -2.80. The largest absolute Gasteiger partial charge is 0.388 e. The van der Waals surface area contributed by atoms with Gasteiger partial charge in [-0.05, 0) is 20.4 Å². The lowest BCUT2D eigenvalue weighted by Crippen LogP contribution is -2.69. The summed E-state index contributed by atoms with van der Waals surface area (Å²) in [6, 6.07) is -2.48. The highest BCUT2D eigenvalue weighted by Crippen LogP contribution is 2.31. The third kappa shape index (κ3) is 5.34. The van der Waals surface area contributed by atoms with E-state index >= 15 is 0 Å². The number of ether oxygens (including phenoxy) is 4. The van der Waals surface area contributed by atoms with Crippen molar-refractivity contribution in [3.05, 3.63) is 0 Å². The first kappa shape index (κ1) is 25.5. The van der Waals surface area contributed by atoms with E-state index in [9.17, 15) is 30.6 Å². The van der Waals surface area contributed by atoms with E-state index in [1.807, 2.05) is 0 Å². The van der Waals surface area contributed by atoms with Crippen molar-refractivity contribution >= 4 is 0 Å². The summed E-state index contributed by atoms with van der Waals surface area (Å²) >= 11 is 0. The topological polar surface area (TPSA) is 248 Å². The molecule has 14 nitrogen and oxygen atoms in total. The van der Waals surface area contributed by atoms with Crippen molar-refractivity contribution < 1.29 is 51.0 Å². The fourth-order valence-electron chi connectivity index (χ4n) is 4.63. The zero-order chi connectivity index (χ0) is 25.6. The molecular weight excluding hydrogens is 444 g/mol. The Morgan fingerprint density at radius 1 is 1.00 bits per heavy atom. The van der Waals surface area contributed by atoms with Crippen LogP contribution >= 0.6 is 0 Å². The molecule has 3 fully saturated rings. The van der Waals surface area contributed by atoms with E-state index in [1.54, 1.807) is 7.05 Å². The molecule has 0 radical (unpaired) electrons. The van der Waals surface area contributed by atoms with Crippen LogP contribution in [-0.4, -0.2) is 136 Å². The molecule has 1 saturated carbocycles.